The van der Waals surface area contributed by atoms with Crippen LogP contribution in [-0.2, 0) is 10.0 Å². The molecule has 148 valence electrons. The van der Waals surface area contributed by atoms with Crippen LogP contribution in [0.5, 0.6) is 11.5 Å². The summed E-state index contributed by atoms with van der Waals surface area (Å²) in [5.41, 5.74) is 2.54. The number of hydrogen-bond donors (Lipinski definition) is 1. The smallest absolute Gasteiger partial charge is 0.265 e. The lowest BCUT2D eigenvalue weighted by Crippen LogP contribution is -2.15. The van der Waals surface area contributed by atoms with Crippen molar-refractivity contribution in [3.63, 3.8) is 0 Å². The van der Waals surface area contributed by atoms with E-state index in [4.69, 9.17) is 14.0 Å². The standard InChI is InChI=1S/C20H22N2O5S/c1-5-26-17-9-7-6-8-16(17)22-28(23,24)19-12-15(10-11-18(19)25-4)20-13(2)14(3)21-27-20/h6-12,22H,5H2,1-4H3. The van der Waals surface area contributed by atoms with E-state index in [0.717, 1.165) is 11.3 Å². The molecule has 8 heteroatoms. The first-order valence-electron chi connectivity index (χ1n) is 8.73. The molecule has 0 atom stereocenters. The van der Waals surface area contributed by atoms with E-state index in [2.05, 4.69) is 9.88 Å². The van der Waals surface area contributed by atoms with Crippen molar-refractivity contribution in [3.05, 3.63) is 53.7 Å². The van der Waals surface area contributed by atoms with Gasteiger partial charge in [-0.25, -0.2) is 8.42 Å². The maximum Gasteiger partial charge on any atom is 0.265 e. The second kappa shape index (κ2) is 7.93. The molecule has 0 saturated carbocycles. The van der Waals surface area contributed by atoms with Gasteiger partial charge in [0.2, 0.25) is 0 Å². The normalized spacial score (nSPS) is 11.3. The molecule has 0 amide bonds. The van der Waals surface area contributed by atoms with Crippen LogP contribution >= 0.6 is 0 Å². The molecule has 28 heavy (non-hydrogen) atoms. The summed E-state index contributed by atoms with van der Waals surface area (Å²) >= 11 is 0. The second-order valence-electron chi connectivity index (χ2n) is 6.12. The number of sulfonamides is 1. The molecule has 0 saturated heterocycles. The first kappa shape index (κ1) is 19.8. The van der Waals surface area contributed by atoms with Gasteiger partial charge in [0.25, 0.3) is 10.0 Å². The molecule has 0 aliphatic heterocycles. The summed E-state index contributed by atoms with van der Waals surface area (Å²) in [6.07, 6.45) is 0. The zero-order valence-corrected chi connectivity index (χ0v) is 17.0. The van der Waals surface area contributed by atoms with Gasteiger partial charge in [-0.1, -0.05) is 17.3 Å². The van der Waals surface area contributed by atoms with Gasteiger partial charge in [0.1, 0.15) is 16.4 Å². The molecule has 3 aromatic rings. The van der Waals surface area contributed by atoms with Crippen molar-refractivity contribution < 1.29 is 22.4 Å². The SMILES string of the molecule is CCOc1ccccc1NS(=O)(=O)c1cc(-c2onc(C)c2C)ccc1OC. The van der Waals surface area contributed by atoms with Gasteiger partial charge in [-0.3, -0.25) is 4.72 Å². The highest BCUT2D eigenvalue weighted by atomic mass is 32.2. The van der Waals surface area contributed by atoms with Crippen molar-refractivity contribution >= 4 is 15.7 Å². The van der Waals surface area contributed by atoms with Gasteiger partial charge in [-0.15, -0.1) is 0 Å². The highest BCUT2D eigenvalue weighted by molar-refractivity contribution is 7.92. The molecule has 7 nitrogen and oxygen atoms in total. The van der Waals surface area contributed by atoms with Crippen LogP contribution in [0.4, 0.5) is 5.69 Å². The molecule has 0 aliphatic carbocycles. The van der Waals surface area contributed by atoms with Gasteiger partial charge in [0.05, 0.1) is 25.1 Å². The minimum atomic E-state index is -3.95. The molecule has 0 unspecified atom stereocenters. The lowest BCUT2D eigenvalue weighted by Gasteiger charge is -2.15. The fraction of sp³-hybridized carbons (Fsp3) is 0.250. The number of aryl methyl sites for hydroxylation is 1. The lowest BCUT2D eigenvalue weighted by molar-refractivity contribution is 0.342. The molecule has 1 N–H and O–H groups in total. The van der Waals surface area contributed by atoms with Crippen molar-refractivity contribution in [1.82, 2.24) is 5.16 Å². The molecule has 0 fully saturated rings. The Balaban J connectivity index is 2.06. The number of methoxy groups -OCH3 is 1. The Morgan fingerprint density at radius 3 is 2.50 bits per heavy atom. The Morgan fingerprint density at radius 1 is 1.11 bits per heavy atom. The van der Waals surface area contributed by atoms with Crippen LogP contribution in [0.25, 0.3) is 11.3 Å². The number of aromatic nitrogens is 1. The highest BCUT2D eigenvalue weighted by Gasteiger charge is 2.23. The maximum absolute atomic E-state index is 13.1. The molecule has 3 rings (SSSR count). The summed E-state index contributed by atoms with van der Waals surface area (Å²) in [7, 11) is -2.53. The minimum Gasteiger partial charge on any atom is -0.495 e. The van der Waals surface area contributed by atoms with Crippen molar-refractivity contribution in [2.45, 2.75) is 25.7 Å². The number of ether oxygens (including phenoxy) is 2. The highest BCUT2D eigenvalue weighted by Crippen LogP contribution is 2.34. The van der Waals surface area contributed by atoms with Gasteiger partial charge >= 0.3 is 0 Å². The molecule has 0 radical (unpaired) electrons. The predicted molar refractivity (Wildman–Crippen MR) is 106 cm³/mol. The van der Waals surface area contributed by atoms with Gasteiger partial charge in [-0.2, -0.15) is 0 Å². The minimum absolute atomic E-state index is 0.00717. The van der Waals surface area contributed by atoms with Crippen LogP contribution in [0.1, 0.15) is 18.2 Å². The Labute approximate surface area is 164 Å². The summed E-state index contributed by atoms with van der Waals surface area (Å²) < 4.78 is 45.0. The Hall–Kier alpha value is -3.00. The molecule has 1 heterocycles. The Bertz CT molecular complexity index is 1090. The summed E-state index contributed by atoms with van der Waals surface area (Å²) in [6.45, 7) is 5.95. The third kappa shape index (κ3) is 3.82. The number of para-hydroxylation sites is 2. The third-order valence-corrected chi connectivity index (χ3v) is 5.69. The first-order chi connectivity index (χ1) is 13.4. The molecule has 0 bridgehead atoms. The van der Waals surface area contributed by atoms with Crippen LogP contribution in [0.3, 0.4) is 0 Å². The summed E-state index contributed by atoms with van der Waals surface area (Å²) in [6, 6.07) is 11.7. The second-order valence-corrected chi connectivity index (χ2v) is 7.77. The number of benzene rings is 2. The van der Waals surface area contributed by atoms with Crippen LogP contribution in [0.15, 0.2) is 51.9 Å². The average molecular weight is 402 g/mol. The van der Waals surface area contributed by atoms with E-state index < -0.39 is 10.0 Å². The molecule has 1 aromatic heterocycles. The van der Waals surface area contributed by atoms with Crippen LogP contribution in [0, 0.1) is 13.8 Å². The van der Waals surface area contributed by atoms with E-state index >= 15 is 0 Å². The van der Waals surface area contributed by atoms with Crippen molar-refractivity contribution in [2.24, 2.45) is 0 Å². The van der Waals surface area contributed by atoms with Crippen molar-refractivity contribution in [1.29, 1.82) is 0 Å². The molecule has 2 aromatic carbocycles. The molecular weight excluding hydrogens is 380 g/mol. The summed E-state index contributed by atoms with van der Waals surface area (Å²) in [4.78, 5) is -0.00717. The Morgan fingerprint density at radius 2 is 1.86 bits per heavy atom. The number of hydrogen-bond acceptors (Lipinski definition) is 6. The fourth-order valence-corrected chi connectivity index (χ4v) is 4.01. The van der Waals surface area contributed by atoms with E-state index in [-0.39, 0.29) is 10.6 Å². The topological polar surface area (TPSA) is 90.7 Å². The number of rotatable bonds is 7. The first-order valence-corrected chi connectivity index (χ1v) is 10.2. The Kier molecular flexibility index (Phi) is 5.60. The van der Waals surface area contributed by atoms with E-state index in [1.165, 1.54) is 13.2 Å². The van der Waals surface area contributed by atoms with Crippen molar-refractivity contribution in [2.75, 3.05) is 18.4 Å². The van der Waals surface area contributed by atoms with Crippen molar-refractivity contribution in [3.8, 4) is 22.8 Å². The zero-order valence-electron chi connectivity index (χ0n) is 16.1. The maximum atomic E-state index is 13.1. The van der Waals surface area contributed by atoms with E-state index in [1.807, 2.05) is 20.8 Å². The molecule has 0 spiro atoms. The molecule has 0 aliphatic rings. The van der Waals surface area contributed by atoms with E-state index in [0.29, 0.717) is 29.4 Å². The van der Waals surface area contributed by atoms with Crippen LogP contribution < -0.4 is 14.2 Å². The zero-order chi connectivity index (χ0) is 20.3. The molecular formula is C20H22N2O5S. The average Bonchev–Trinajstić information content (AvgIpc) is 3.01. The van der Waals surface area contributed by atoms with Crippen LogP contribution in [-0.4, -0.2) is 27.3 Å². The monoisotopic (exact) mass is 402 g/mol. The summed E-state index contributed by atoms with van der Waals surface area (Å²) in [5.74, 6) is 1.19. The van der Waals surface area contributed by atoms with E-state index in [1.54, 1.807) is 36.4 Å². The van der Waals surface area contributed by atoms with Gasteiger partial charge in [0, 0.05) is 11.1 Å². The van der Waals surface area contributed by atoms with Gasteiger partial charge in [0.15, 0.2) is 5.76 Å². The lowest BCUT2D eigenvalue weighted by atomic mass is 10.1. The number of nitrogens with zero attached hydrogens (tertiary/aromatic N) is 1. The van der Waals surface area contributed by atoms with Gasteiger partial charge < -0.3 is 14.0 Å². The van der Waals surface area contributed by atoms with Crippen LogP contribution in [0.2, 0.25) is 0 Å². The fourth-order valence-electron chi connectivity index (χ4n) is 2.74. The quantitative estimate of drug-likeness (QED) is 0.638. The summed E-state index contributed by atoms with van der Waals surface area (Å²) in [5, 5.41) is 3.94. The van der Waals surface area contributed by atoms with E-state index in [9.17, 15) is 8.42 Å². The number of nitrogens with one attached hydrogen (secondary N) is 1. The third-order valence-electron chi connectivity index (χ3n) is 4.30. The largest absolute Gasteiger partial charge is 0.495 e. The van der Waals surface area contributed by atoms with Gasteiger partial charge in [-0.05, 0) is 51.1 Å². The number of anilines is 1. The predicted octanol–water partition coefficient (Wildman–Crippen LogP) is 4.17.